The van der Waals surface area contributed by atoms with Crippen molar-refractivity contribution in [3.8, 4) is 0 Å². The van der Waals surface area contributed by atoms with Gasteiger partial charge in [-0.1, -0.05) is 24.3 Å². The van der Waals surface area contributed by atoms with Gasteiger partial charge in [-0.25, -0.2) is 0 Å². The van der Waals surface area contributed by atoms with Crippen molar-refractivity contribution in [3.05, 3.63) is 42.2 Å². The van der Waals surface area contributed by atoms with Crippen LogP contribution in [-0.2, 0) is 0 Å². The summed E-state index contributed by atoms with van der Waals surface area (Å²) >= 11 is 0. The summed E-state index contributed by atoms with van der Waals surface area (Å²) in [6.45, 7) is 1.50. The van der Waals surface area contributed by atoms with Gasteiger partial charge in [-0.3, -0.25) is 9.78 Å². The Bertz CT molecular complexity index is 607. The first kappa shape index (κ1) is 12.1. The summed E-state index contributed by atoms with van der Waals surface area (Å²) in [6.07, 6.45) is 4.28. The number of hydrogen-bond donors (Lipinski definition) is 1. The molecule has 4 heteroatoms. The molecule has 98 valence electrons. The molecule has 1 aromatic carbocycles. The highest BCUT2D eigenvalue weighted by Crippen LogP contribution is 2.22. The van der Waals surface area contributed by atoms with Crippen LogP contribution in [0.4, 0.5) is 0 Å². The standard InChI is InChI=1S/C15H16N2O2/c18-10-11-5-6-17(9-11)15(19)14-8-16-7-12-3-1-2-4-13(12)14/h1-4,7-8,11,18H,5-6,9-10H2. The number of rotatable bonds is 2. The van der Waals surface area contributed by atoms with Crippen LogP contribution in [0.5, 0.6) is 0 Å². The molecule has 0 aliphatic carbocycles. The second-order valence-corrected chi connectivity index (χ2v) is 5.00. The predicted octanol–water partition coefficient (Wildman–Crippen LogP) is 1.69. The second-order valence-electron chi connectivity index (χ2n) is 5.00. The van der Waals surface area contributed by atoms with E-state index in [1.54, 1.807) is 12.4 Å². The zero-order valence-corrected chi connectivity index (χ0v) is 10.6. The Morgan fingerprint density at radius 1 is 1.37 bits per heavy atom. The predicted molar refractivity (Wildman–Crippen MR) is 72.8 cm³/mol. The minimum Gasteiger partial charge on any atom is -0.396 e. The summed E-state index contributed by atoms with van der Waals surface area (Å²) in [5, 5.41) is 11.1. The Morgan fingerprint density at radius 2 is 2.21 bits per heavy atom. The van der Waals surface area contributed by atoms with Gasteiger partial charge in [0.25, 0.3) is 5.91 Å². The SMILES string of the molecule is O=C(c1cncc2ccccc12)N1CCC(CO)C1. The number of carbonyl (C=O) groups excluding carboxylic acids is 1. The first-order valence-electron chi connectivity index (χ1n) is 6.52. The molecule has 2 aromatic rings. The van der Waals surface area contributed by atoms with E-state index in [0.29, 0.717) is 18.7 Å². The second kappa shape index (κ2) is 4.97. The highest BCUT2D eigenvalue weighted by Gasteiger charge is 2.27. The lowest BCUT2D eigenvalue weighted by atomic mass is 10.1. The van der Waals surface area contributed by atoms with E-state index in [1.165, 1.54) is 0 Å². The molecule has 1 N–H and O–H groups in total. The highest BCUT2D eigenvalue weighted by molar-refractivity contribution is 6.06. The summed E-state index contributed by atoms with van der Waals surface area (Å²) in [6, 6.07) is 7.78. The van der Waals surface area contributed by atoms with Crippen LogP contribution < -0.4 is 0 Å². The zero-order chi connectivity index (χ0) is 13.2. The number of pyridine rings is 1. The molecule has 1 atom stereocenters. The molecular formula is C15H16N2O2. The molecule has 1 aliphatic rings. The van der Waals surface area contributed by atoms with Crippen molar-refractivity contribution >= 4 is 16.7 Å². The fourth-order valence-corrected chi connectivity index (χ4v) is 2.62. The molecule has 0 radical (unpaired) electrons. The van der Waals surface area contributed by atoms with Crippen LogP contribution >= 0.6 is 0 Å². The number of benzene rings is 1. The average molecular weight is 256 g/mol. The molecule has 1 fully saturated rings. The molecule has 4 nitrogen and oxygen atoms in total. The number of hydrogen-bond acceptors (Lipinski definition) is 3. The smallest absolute Gasteiger partial charge is 0.256 e. The Balaban J connectivity index is 1.94. The van der Waals surface area contributed by atoms with Crippen LogP contribution in [0.1, 0.15) is 16.8 Å². The third-order valence-electron chi connectivity index (χ3n) is 3.73. The first-order valence-corrected chi connectivity index (χ1v) is 6.52. The maximum Gasteiger partial charge on any atom is 0.256 e. The lowest BCUT2D eigenvalue weighted by molar-refractivity contribution is 0.0783. The van der Waals surface area contributed by atoms with Gasteiger partial charge in [0.2, 0.25) is 0 Å². The Morgan fingerprint density at radius 3 is 3.00 bits per heavy atom. The van der Waals surface area contributed by atoms with Gasteiger partial charge in [0.1, 0.15) is 0 Å². The monoisotopic (exact) mass is 256 g/mol. The molecule has 19 heavy (non-hydrogen) atoms. The van der Waals surface area contributed by atoms with Crippen LogP contribution in [0.15, 0.2) is 36.7 Å². The van der Waals surface area contributed by atoms with Crippen LogP contribution in [0.25, 0.3) is 10.8 Å². The molecule has 2 heterocycles. The molecule has 1 aliphatic heterocycles. The fraction of sp³-hybridized carbons (Fsp3) is 0.333. The van der Waals surface area contributed by atoms with Crippen molar-refractivity contribution in [3.63, 3.8) is 0 Å². The maximum atomic E-state index is 12.5. The van der Waals surface area contributed by atoms with Gasteiger partial charge in [-0.2, -0.15) is 0 Å². The lowest BCUT2D eigenvalue weighted by Crippen LogP contribution is -2.29. The minimum absolute atomic E-state index is 0.0141. The lowest BCUT2D eigenvalue weighted by Gasteiger charge is -2.17. The molecule has 0 saturated carbocycles. The molecule has 1 aromatic heterocycles. The summed E-state index contributed by atoms with van der Waals surface area (Å²) < 4.78 is 0. The van der Waals surface area contributed by atoms with Crippen molar-refractivity contribution < 1.29 is 9.90 Å². The van der Waals surface area contributed by atoms with Gasteiger partial charge in [-0.05, 0) is 11.8 Å². The van der Waals surface area contributed by atoms with E-state index in [2.05, 4.69) is 4.98 Å². The molecule has 0 spiro atoms. The van der Waals surface area contributed by atoms with Crippen LogP contribution in [0.2, 0.25) is 0 Å². The summed E-state index contributed by atoms with van der Waals surface area (Å²) in [5.74, 6) is 0.229. The van der Waals surface area contributed by atoms with E-state index in [9.17, 15) is 4.79 Å². The number of aliphatic hydroxyl groups excluding tert-OH is 1. The first-order chi connectivity index (χ1) is 9.29. The number of amides is 1. The van der Waals surface area contributed by atoms with E-state index >= 15 is 0 Å². The van der Waals surface area contributed by atoms with Crippen molar-refractivity contribution in [1.82, 2.24) is 9.88 Å². The van der Waals surface area contributed by atoms with Crippen LogP contribution in [0, 0.1) is 5.92 Å². The number of carbonyl (C=O) groups is 1. The van der Waals surface area contributed by atoms with E-state index in [1.807, 2.05) is 29.2 Å². The molecule has 3 rings (SSSR count). The maximum absolute atomic E-state index is 12.5. The summed E-state index contributed by atoms with van der Waals surface area (Å²) in [4.78, 5) is 18.5. The quantitative estimate of drug-likeness (QED) is 0.889. The van der Waals surface area contributed by atoms with Crippen molar-refractivity contribution in [2.75, 3.05) is 19.7 Å². The number of likely N-dealkylation sites (tertiary alicyclic amines) is 1. The molecule has 1 unspecified atom stereocenters. The van der Waals surface area contributed by atoms with Crippen LogP contribution in [-0.4, -0.2) is 40.6 Å². The number of aromatic nitrogens is 1. The molecule has 0 bridgehead atoms. The van der Waals surface area contributed by atoms with Crippen molar-refractivity contribution in [1.29, 1.82) is 0 Å². The van der Waals surface area contributed by atoms with E-state index in [4.69, 9.17) is 5.11 Å². The van der Waals surface area contributed by atoms with Gasteiger partial charge in [0.15, 0.2) is 0 Å². The van der Waals surface area contributed by atoms with E-state index in [-0.39, 0.29) is 18.4 Å². The topological polar surface area (TPSA) is 53.4 Å². The largest absolute Gasteiger partial charge is 0.396 e. The average Bonchev–Trinajstić information content (AvgIpc) is 2.95. The van der Waals surface area contributed by atoms with E-state index in [0.717, 1.165) is 17.2 Å². The Labute approximate surface area is 111 Å². The molecule has 1 amide bonds. The minimum atomic E-state index is 0.0141. The molecule has 1 saturated heterocycles. The van der Waals surface area contributed by atoms with Gasteiger partial charge in [-0.15, -0.1) is 0 Å². The third kappa shape index (κ3) is 2.19. The Kier molecular flexibility index (Phi) is 3.17. The number of fused-ring (bicyclic) bond motifs is 1. The molecular weight excluding hydrogens is 240 g/mol. The van der Waals surface area contributed by atoms with Crippen LogP contribution in [0.3, 0.4) is 0 Å². The zero-order valence-electron chi connectivity index (χ0n) is 10.6. The normalized spacial score (nSPS) is 19.0. The van der Waals surface area contributed by atoms with E-state index < -0.39 is 0 Å². The van der Waals surface area contributed by atoms with Gasteiger partial charge < -0.3 is 10.0 Å². The number of nitrogens with zero attached hydrogens (tertiary/aromatic N) is 2. The van der Waals surface area contributed by atoms with Crippen molar-refractivity contribution in [2.45, 2.75) is 6.42 Å². The highest BCUT2D eigenvalue weighted by atomic mass is 16.3. The van der Waals surface area contributed by atoms with Gasteiger partial charge >= 0.3 is 0 Å². The summed E-state index contributed by atoms with van der Waals surface area (Å²) in [7, 11) is 0. The van der Waals surface area contributed by atoms with Gasteiger partial charge in [0.05, 0.1) is 5.56 Å². The fourth-order valence-electron chi connectivity index (χ4n) is 2.62. The Hall–Kier alpha value is -1.94. The third-order valence-corrected chi connectivity index (χ3v) is 3.73. The van der Waals surface area contributed by atoms with Crippen molar-refractivity contribution in [2.24, 2.45) is 5.92 Å². The van der Waals surface area contributed by atoms with Gasteiger partial charge in [0, 0.05) is 43.4 Å². The summed E-state index contributed by atoms with van der Waals surface area (Å²) in [5.41, 5.74) is 0.650. The number of aliphatic hydroxyl groups is 1.